The highest BCUT2D eigenvalue weighted by atomic mass is 19.2. The molecule has 1 saturated carbocycles. The van der Waals surface area contributed by atoms with Gasteiger partial charge in [-0.1, -0.05) is 6.08 Å². The largest absolute Gasteiger partial charge is 0.796 e. The molecule has 2 rings (SSSR count). The molecule has 1 aliphatic carbocycles. The number of methoxy groups -OCH3 is 1. The minimum atomic E-state index is -3.01. The van der Waals surface area contributed by atoms with E-state index in [2.05, 4.69) is 4.65 Å². The Bertz CT molecular complexity index is 526. The van der Waals surface area contributed by atoms with Gasteiger partial charge in [-0.05, 0) is 43.9 Å². The third-order valence-corrected chi connectivity index (χ3v) is 2.79. The molecule has 0 amide bonds. The molecule has 0 bridgehead atoms. The van der Waals surface area contributed by atoms with Crippen LogP contribution in [0.25, 0.3) is 0 Å². The summed E-state index contributed by atoms with van der Waals surface area (Å²) in [4.78, 5) is 12.1. The van der Waals surface area contributed by atoms with E-state index in [0.717, 1.165) is 5.92 Å². The van der Waals surface area contributed by atoms with E-state index >= 15 is 0 Å². The van der Waals surface area contributed by atoms with E-state index in [9.17, 15) is 13.4 Å². The summed E-state index contributed by atoms with van der Waals surface area (Å²) in [6, 6.07) is 4.17. The van der Waals surface area contributed by atoms with Crippen LogP contribution < -0.4 is 9.39 Å². The molecule has 0 N–H and O–H groups in total. The van der Waals surface area contributed by atoms with Crippen molar-refractivity contribution in [3.63, 3.8) is 0 Å². The molecule has 0 heterocycles. The average molecular weight is 289 g/mol. The number of rotatable bonds is 6. The van der Waals surface area contributed by atoms with Gasteiger partial charge in [0.05, 0.1) is 12.7 Å². The quantitative estimate of drug-likeness (QED) is 0.458. The van der Waals surface area contributed by atoms with Gasteiger partial charge in [-0.15, -0.1) is 0 Å². The maximum atomic E-state index is 12.4. The number of ketones is 1. The van der Waals surface area contributed by atoms with Gasteiger partial charge in [0, 0.05) is 12.0 Å². The molecule has 0 aromatic heterocycles. The summed E-state index contributed by atoms with van der Waals surface area (Å²) in [5.74, 6) is 0.561. The lowest BCUT2D eigenvalue weighted by Gasteiger charge is -2.10. The van der Waals surface area contributed by atoms with E-state index in [1.54, 1.807) is 6.08 Å². The molecule has 5 radical (unpaired) electrons. The lowest BCUT2D eigenvalue weighted by molar-refractivity contribution is 0.104. The Morgan fingerprint density at radius 3 is 2.57 bits per heavy atom. The summed E-state index contributed by atoms with van der Waals surface area (Å²) in [7, 11) is -1.61. The Morgan fingerprint density at radius 1 is 1.24 bits per heavy atom. The lowest BCUT2D eigenvalue weighted by atomic mass is 10.0. The standard InChI is InChI=1S/C15H12BF2O3/c1-20-12-7-8-13(15(10-12)21-16(17)18)14(19)9-6-11-4-2-3-5-11/h2-10H,1H3/b9-6+. The summed E-state index contributed by atoms with van der Waals surface area (Å²) >= 11 is 0. The number of carbonyl (C=O) groups is 1. The van der Waals surface area contributed by atoms with Crippen molar-refractivity contribution in [1.82, 2.24) is 0 Å². The van der Waals surface area contributed by atoms with E-state index in [1.807, 2.05) is 25.7 Å². The van der Waals surface area contributed by atoms with Crippen LogP contribution in [0.1, 0.15) is 10.4 Å². The molecule has 0 atom stereocenters. The molecule has 0 saturated heterocycles. The summed E-state index contributed by atoms with van der Waals surface area (Å²) in [6.45, 7) is 0. The van der Waals surface area contributed by atoms with Crippen molar-refractivity contribution in [1.29, 1.82) is 0 Å². The third kappa shape index (κ3) is 4.31. The highest BCUT2D eigenvalue weighted by Crippen LogP contribution is 2.28. The second kappa shape index (κ2) is 7.25. The number of hydrogen-bond donors (Lipinski definition) is 0. The Hall–Kier alpha value is -1.85. The molecule has 0 aliphatic heterocycles. The van der Waals surface area contributed by atoms with Gasteiger partial charge in [0.25, 0.3) is 0 Å². The molecule has 6 heteroatoms. The maximum Gasteiger partial charge on any atom is 0.796 e. The highest BCUT2D eigenvalue weighted by Gasteiger charge is 2.22. The van der Waals surface area contributed by atoms with E-state index in [1.165, 1.54) is 31.4 Å². The second-order valence-corrected chi connectivity index (χ2v) is 4.16. The van der Waals surface area contributed by atoms with Crippen molar-refractivity contribution in [3.05, 3.63) is 67.5 Å². The van der Waals surface area contributed by atoms with Crippen molar-refractivity contribution in [2.75, 3.05) is 7.11 Å². The summed E-state index contributed by atoms with van der Waals surface area (Å²) < 4.78 is 34.1. The highest BCUT2D eigenvalue weighted by molar-refractivity contribution is 6.35. The first-order valence-corrected chi connectivity index (χ1v) is 6.17. The molecule has 0 spiro atoms. The Kier molecular flexibility index (Phi) is 5.36. The zero-order chi connectivity index (χ0) is 15.2. The number of hydrogen-bond acceptors (Lipinski definition) is 3. The van der Waals surface area contributed by atoms with Crippen LogP contribution in [0.5, 0.6) is 11.5 Å². The first kappa shape index (κ1) is 15.5. The van der Waals surface area contributed by atoms with Crippen LogP contribution in [0, 0.1) is 31.6 Å². The topological polar surface area (TPSA) is 35.5 Å². The predicted molar refractivity (Wildman–Crippen MR) is 75.5 cm³/mol. The van der Waals surface area contributed by atoms with Gasteiger partial charge < -0.3 is 9.39 Å². The zero-order valence-electron chi connectivity index (χ0n) is 11.3. The second-order valence-electron chi connectivity index (χ2n) is 4.16. The van der Waals surface area contributed by atoms with Crippen molar-refractivity contribution in [3.8, 4) is 11.5 Å². The van der Waals surface area contributed by atoms with Crippen LogP contribution in [0.3, 0.4) is 0 Å². The molecule has 1 fully saturated rings. The molecule has 1 aromatic carbocycles. The van der Waals surface area contributed by atoms with Gasteiger partial charge in [0.15, 0.2) is 5.78 Å². The molecule has 3 nitrogen and oxygen atoms in total. The molecule has 107 valence electrons. The van der Waals surface area contributed by atoms with Crippen LogP contribution in [-0.2, 0) is 0 Å². The van der Waals surface area contributed by atoms with Crippen LogP contribution in [0.4, 0.5) is 8.63 Å². The van der Waals surface area contributed by atoms with E-state index in [-0.39, 0.29) is 11.3 Å². The van der Waals surface area contributed by atoms with Crippen LogP contribution in [0.2, 0.25) is 0 Å². The lowest BCUT2D eigenvalue weighted by Crippen LogP contribution is -2.11. The fraction of sp³-hybridized carbons (Fsp3) is 0.0667. The Labute approximate surface area is 123 Å². The molecule has 1 aliphatic rings. The molecule has 1 aromatic rings. The van der Waals surface area contributed by atoms with Crippen LogP contribution in [-0.4, -0.2) is 20.4 Å². The summed E-state index contributed by atoms with van der Waals surface area (Å²) in [6.07, 6.45) is 10.3. The Morgan fingerprint density at radius 2 is 1.95 bits per heavy atom. The Balaban J connectivity index is 2.18. The van der Waals surface area contributed by atoms with Gasteiger partial charge in [-0.3, -0.25) is 4.79 Å². The first-order chi connectivity index (χ1) is 10.1. The summed E-state index contributed by atoms with van der Waals surface area (Å²) in [5, 5.41) is 0. The third-order valence-electron chi connectivity index (χ3n) is 2.79. The number of halogens is 2. The smallest absolute Gasteiger partial charge is 0.504 e. The molecular weight excluding hydrogens is 277 g/mol. The maximum absolute atomic E-state index is 12.4. The van der Waals surface area contributed by atoms with Crippen molar-refractivity contribution in [2.45, 2.75) is 0 Å². The number of ether oxygens (including phenoxy) is 1. The van der Waals surface area contributed by atoms with Crippen molar-refractivity contribution < 1.29 is 22.8 Å². The van der Waals surface area contributed by atoms with Gasteiger partial charge in [0.1, 0.15) is 11.5 Å². The average Bonchev–Trinajstić information content (AvgIpc) is 2.97. The summed E-state index contributed by atoms with van der Waals surface area (Å²) in [5.41, 5.74) is 0.0545. The van der Waals surface area contributed by atoms with Crippen molar-refractivity contribution >= 4 is 13.3 Å². The zero-order valence-corrected chi connectivity index (χ0v) is 11.3. The predicted octanol–water partition coefficient (Wildman–Crippen LogP) is 3.14. The van der Waals surface area contributed by atoms with Crippen molar-refractivity contribution in [2.24, 2.45) is 0 Å². The monoisotopic (exact) mass is 289 g/mol. The fourth-order valence-electron chi connectivity index (χ4n) is 1.79. The molecule has 21 heavy (non-hydrogen) atoms. The van der Waals surface area contributed by atoms with Crippen LogP contribution >= 0.6 is 0 Å². The van der Waals surface area contributed by atoms with Gasteiger partial charge in [0.2, 0.25) is 0 Å². The molecule has 0 unspecified atom stereocenters. The van der Waals surface area contributed by atoms with Crippen LogP contribution in [0.15, 0.2) is 30.4 Å². The number of allylic oxidation sites excluding steroid dienone is 2. The van der Waals surface area contributed by atoms with Gasteiger partial charge in [-0.25, -0.2) is 8.63 Å². The fourth-order valence-corrected chi connectivity index (χ4v) is 1.79. The van der Waals surface area contributed by atoms with Gasteiger partial charge in [-0.2, -0.15) is 0 Å². The molecular formula is C15H12BF2O3. The minimum absolute atomic E-state index is 0.0545. The van der Waals surface area contributed by atoms with E-state index in [0.29, 0.717) is 5.75 Å². The van der Waals surface area contributed by atoms with Gasteiger partial charge >= 0.3 is 7.47 Å². The minimum Gasteiger partial charge on any atom is -0.504 e. The number of carbonyl (C=O) groups excluding carboxylic acids is 1. The van der Waals surface area contributed by atoms with E-state index < -0.39 is 13.3 Å². The number of benzene rings is 1. The first-order valence-electron chi connectivity index (χ1n) is 6.17. The van der Waals surface area contributed by atoms with E-state index in [4.69, 9.17) is 4.74 Å². The SMILES string of the molecule is COc1ccc(C(=O)/C=C/[C]2[CH][CH][CH][CH]2)c(OB(F)F)c1. The normalized spacial score (nSPS) is 15.4.